The average Bonchev–Trinajstić information content (AvgIpc) is 2.47. The fourth-order valence-electron chi connectivity index (χ4n) is 2.54. The molecule has 21 heavy (non-hydrogen) atoms. The van der Waals surface area contributed by atoms with E-state index in [0.29, 0.717) is 13.1 Å². The molecule has 0 bridgehead atoms. The van der Waals surface area contributed by atoms with Gasteiger partial charge in [-0.3, -0.25) is 4.79 Å². The summed E-state index contributed by atoms with van der Waals surface area (Å²) in [4.78, 5) is 14.4. The minimum absolute atomic E-state index is 0.0590. The van der Waals surface area contributed by atoms with Crippen molar-refractivity contribution in [2.75, 3.05) is 7.05 Å². The fraction of sp³-hybridized carbons (Fsp3) is 0.278. The lowest BCUT2D eigenvalue weighted by molar-refractivity contribution is 0.0783. The van der Waals surface area contributed by atoms with Crippen LogP contribution in [0.5, 0.6) is 0 Å². The smallest absolute Gasteiger partial charge is 0.254 e. The highest BCUT2D eigenvalue weighted by Crippen LogP contribution is 2.17. The summed E-state index contributed by atoms with van der Waals surface area (Å²) in [6, 6.07) is 14.0. The Morgan fingerprint density at radius 2 is 1.62 bits per heavy atom. The molecule has 0 spiro atoms. The highest BCUT2D eigenvalue weighted by Gasteiger charge is 2.16. The van der Waals surface area contributed by atoms with Crippen molar-refractivity contribution >= 4 is 5.91 Å². The molecule has 0 aliphatic carbocycles. The molecule has 2 aromatic carbocycles. The summed E-state index contributed by atoms with van der Waals surface area (Å²) in [5, 5.41) is 0. The van der Waals surface area contributed by atoms with Crippen LogP contribution in [0.1, 0.15) is 32.6 Å². The molecule has 0 saturated carbocycles. The molecular formula is C18H22N2O. The number of carbonyl (C=O) groups is 1. The number of hydrogen-bond acceptors (Lipinski definition) is 2. The van der Waals surface area contributed by atoms with E-state index in [9.17, 15) is 4.79 Å². The molecule has 3 heteroatoms. The summed E-state index contributed by atoms with van der Waals surface area (Å²) in [6.07, 6.45) is 0. The van der Waals surface area contributed by atoms with Gasteiger partial charge in [0.1, 0.15) is 0 Å². The Bertz CT molecular complexity index is 629. The van der Waals surface area contributed by atoms with Crippen molar-refractivity contribution in [3.8, 4) is 0 Å². The van der Waals surface area contributed by atoms with E-state index in [-0.39, 0.29) is 5.91 Å². The van der Waals surface area contributed by atoms with Crippen LogP contribution < -0.4 is 5.73 Å². The zero-order chi connectivity index (χ0) is 15.4. The van der Waals surface area contributed by atoms with Crippen molar-refractivity contribution in [1.29, 1.82) is 0 Å². The molecule has 3 nitrogen and oxygen atoms in total. The molecule has 2 aromatic rings. The number of hydrogen-bond donors (Lipinski definition) is 1. The van der Waals surface area contributed by atoms with Crippen molar-refractivity contribution < 1.29 is 4.79 Å². The standard InChI is InChI=1S/C18H22N2O/c1-13-6-4-7-14(2)17(13)18(21)20(3)12-16-9-5-8-15(10-16)11-19/h4-10H,11-12,19H2,1-3H3. The molecule has 2 N–H and O–H groups in total. The Morgan fingerprint density at radius 1 is 1.05 bits per heavy atom. The van der Waals surface area contributed by atoms with Crippen LogP contribution in [-0.4, -0.2) is 17.9 Å². The van der Waals surface area contributed by atoms with Crippen LogP contribution in [0.15, 0.2) is 42.5 Å². The van der Waals surface area contributed by atoms with Gasteiger partial charge in [-0.15, -0.1) is 0 Å². The van der Waals surface area contributed by atoms with E-state index in [4.69, 9.17) is 5.73 Å². The SMILES string of the molecule is Cc1cccc(C)c1C(=O)N(C)Cc1cccc(CN)c1. The van der Waals surface area contributed by atoms with Crippen molar-refractivity contribution in [2.45, 2.75) is 26.9 Å². The number of nitrogens with two attached hydrogens (primary N) is 1. The van der Waals surface area contributed by atoms with Gasteiger partial charge in [0.2, 0.25) is 0 Å². The Kier molecular flexibility index (Phi) is 4.76. The van der Waals surface area contributed by atoms with Gasteiger partial charge in [-0.2, -0.15) is 0 Å². The van der Waals surface area contributed by atoms with Crippen LogP contribution in [0.3, 0.4) is 0 Å². The third-order valence-electron chi connectivity index (χ3n) is 3.69. The zero-order valence-corrected chi connectivity index (χ0v) is 12.9. The van der Waals surface area contributed by atoms with Crippen molar-refractivity contribution in [2.24, 2.45) is 5.73 Å². The van der Waals surface area contributed by atoms with Gasteiger partial charge in [0.05, 0.1) is 0 Å². The first-order valence-corrected chi connectivity index (χ1v) is 7.12. The Hall–Kier alpha value is -2.13. The number of nitrogens with zero attached hydrogens (tertiary/aromatic N) is 1. The lowest BCUT2D eigenvalue weighted by Gasteiger charge is -2.20. The van der Waals surface area contributed by atoms with Gasteiger partial charge in [-0.25, -0.2) is 0 Å². The number of amides is 1. The predicted molar refractivity (Wildman–Crippen MR) is 86.0 cm³/mol. The maximum atomic E-state index is 12.6. The normalized spacial score (nSPS) is 10.5. The van der Waals surface area contributed by atoms with Crippen LogP contribution in [0.2, 0.25) is 0 Å². The Morgan fingerprint density at radius 3 is 2.24 bits per heavy atom. The van der Waals surface area contributed by atoms with Crippen LogP contribution in [0, 0.1) is 13.8 Å². The minimum atomic E-state index is 0.0590. The third kappa shape index (κ3) is 3.50. The molecule has 0 aliphatic heterocycles. The van der Waals surface area contributed by atoms with E-state index in [1.807, 2.05) is 57.3 Å². The maximum Gasteiger partial charge on any atom is 0.254 e. The van der Waals surface area contributed by atoms with Crippen LogP contribution in [-0.2, 0) is 13.1 Å². The molecule has 110 valence electrons. The summed E-state index contributed by atoms with van der Waals surface area (Å²) in [7, 11) is 1.84. The fourth-order valence-corrected chi connectivity index (χ4v) is 2.54. The predicted octanol–water partition coefficient (Wildman–Crippen LogP) is 3.03. The quantitative estimate of drug-likeness (QED) is 0.937. The summed E-state index contributed by atoms with van der Waals surface area (Å²) < 4.78 is 0. The molecule has 0 heterocycles. The molecule has 0 fully saturated rings. The largest absolute Gasteiger partial charge is 0.337 e. The Labute approximate surface area is 126 Å². The van der Waals surface area contributed by atoms with E-state index in [1.165, 1.54) is 0 Å². The molecule has 0 atom stereocenters. The van der Waals surface area contributed by atoms with E-state index in [2.05, 4.69) is 6.07 Å². The lowest BCUT2D eigenvalue weighted by atomic mass is 10.0. The highest BCUT2D eigenvalue weighted by atomic mass is 16.2. The third-order valence-corrected chi connectivity index (χ3v) is 3.69. The Balaban J connectivity index is 2.19. The summed E-state index contributed by atoms with van der Waals surface area (Å²) in [5.74, 6) is 0.0590. The topological polar surface area (TPSA) is 46.3 Å². The highest BCUT2D eigenvalue weighted by molar-refractivity contribution is 5.96. The van der Waals surface area contributed by atoms with Crippen molar-refractivity contribution in [1.82, 2.24) is 4.90 Å². The summed E-state index contributed by atoms with van der Waals surface area (Å²) in [5.41, 5.74) is 10.7. The number of carbonyl (C=O) groups excluding carboxylic acids is 1. The van der Waals surface area contributed by atoms with E-state index >= 15 is 0 Å². The maximum absolute atomic E-state index is 12.6. The number of rotatable bonds is 4. The summed E-state index contributed by atoms with van der Waals surface area (Å²) >= 11 is 0. The van der Waals surface area contributed by atoms with Crippen molar-refractivity contribution in [3.63, 3.8) is 0 Å². The van der Waals surface area contributed by atoms with E-state index in [0.717, 1.165) is 27.8 Å². The average molecular weight is 282 g/mol. The second-order valence-corrected chi connectivity index (χ2v) is 5.45. The molecule has 0 radical (unpaired) electrons. The zero-order valence-electron chi connectivity index (χ0n) is 12.9. The van der Waals surface area contributed by atoms with Gasteiger partial charge >= 0.3 is 0 Å². The van der Waals surface area contributed by atoms with Crippen LogP contribution in [0.25, 0.3) is 0 Å². The first-order valence-electron chi connectivity index (χ1n) is 7.12. The van der Waals surface area contributed by atoms with Crippen LogP contribution in [0.4, 0.5) is 0 Å². The van der Waals surface area contributed by atoms with Gasteiger partial charge in [-0.05, 0) is 36.1 Å². The van der Waals surface area contributed by atoms with E-state index < -0.39 is 0 Å². The van der Waals surface area contributed by atoms with Gasteiger partial charge in [0, 0.05) is 25.7 Å². The van der Waals surface area contributed by atoms with Crippen molar-refractivity contribution in [3.05, 3.63) is 70.3 Å². The van der Waals surface area contributed by atoms with E-state index in [1.54, 1.807) is 4.90 Å². The second kappa shape index (κ2) is 6.55. The number of aryl methyl sites for hydroxylation is 2. The first-order chi connectivity index (χ1) is 10.0. The van der Waals surface area contributed by atoms with Crippen LogP contribution >= 0.6 is 0 Å². The molecule has 0 unspecified atom stereocenters. The lowest BCUT2D eigenvalue weighted by Crippen LogP contribution is -2.27. The van der Waals surface area contributed by atoms with Gasteiger partial charge in [0.15, 0.2) is 0 Å². The van der Waals surface area contributed by atoms with Gasteiger partial charge in [-0.1, -0.05) is 42.5 Å². The molecule has 0 aromatic heterocycles. The second-order valence-electron chi connectivity index (χ2n) is 5.45. The summed E-state index contributed by atoms with van der Waals surface area (Å²) in [6.45, 7) is 5.05. The molecule has 0 saturated heterocycles. The molecule has 2 rings (SSSR count). The minimum Gasteiger partial charge on any atom is -0.337 e. The monoisotopic (exact) mass is 282 g/mol. The molecule has 0 aliphatic rings. The van der Waals surface area contributed by atoms with Gasteiger partial charge < -0.3 is 10.6 Å². The molecule has 1 amide bonds. The van der Waals surface area contributed by atoms with Gasteiger partial charge in [0.25, 0.3) is 5.91 Å². The molecular weight excluding hydrogens is 260 g/mol. The first kappa shape index (κ1) is 15.3. The number of benzene rings is 2.